The zero-order valence-corrected chi connectivity index (χ0v) is 19.9. The number of nitrogens with zero attached hydrogens (tertiary/aromatic N) is 4. The van der Waals surface area contributed by atoms with Crippen LogP contribution in [0.5, 0.6) is 11.5 Å². The lowest BCUT2D eigenvalue weighted by atomic mass is 10.0. The molecule has 176 valence electrons. The summed E-state index contributed by atoms with van der Waals surface area (Å²) in [6.07, 6.45) is 4.31. The van der Waals surface area contributed by atoms with Crippen LogP contribution in [0.3, 0.4) is 0 Å². The number of benzene rings is 2. The molecule has 1 saturated carbocycles. The van der Waals surface area contributed by atoms with Gasteiger partial charge in [-0.25, -0.2) is 0 Å². The number of carbonyl (C=O) groups is 1. The van der Waals surface area contributed by atoms with Gasteiger partial charge >= 0.3 is 0 Å². The van der Waals surface area contributed by atoms with Crippen LogP contribution in [0.1, 0.15) is 54.6 Å². The van der Waals surface area contributed by atoms with Gasteiger partial charge in [-0.15, -0.1) is 10.2 Å². The summed E-state index contributed by atoms with van der Waals surface area (Å²) in [6.45, 7) is 2.66. The van der Waals surface area contributed by atoms with Crippen LogP contribution in [-0.2, 0) is 11.3 Å². The van der Waals surface area contributed by atoms with E-state index in [1.165, 1.54) is 30.2 Å². The molecule has 2 aromatic carbocycles. The van der Waals surface area contributed by atoms with Crippen LogP contribution in [0.2, 0.25) is 0 Å². The third kappa shape index (κ3) is 4.39. The molecule has 1 aromatic heterocycles. The molecule has 0 N–H and O–H groups in total. The maximum atomic E-state index is 13.3. The highest BCUT2D eigenvalue weighted by Gasteiger charge is 2.33. The van der Waals surface area contributed by atoms with E-state index in [0.717, 1.165) is 54.0 Å². The number of rotatable bonds is 7. The van der Waals surface area contributed by atoms with Gasteiger partial charge in [0.15, 0.2) is 16.7 Å². The summed E-state index contributed by atoms with van der Waals surface area (Å²) in [5.41, 5.74) is 2.33. The molecule has 34 heavy (non-hydrogen) atoms. The number of hydrogen-bond acceptors (Lipinski definition) is 6. The molecule has 1 saturated heterocycles. The summed E-state index contributed by atoms with van der Waals surface area (Å²) in [5, 5.41) is 9.79. The van der Waals surface area contributed by atoms with Crippen LogP contribution in [-0.4, -0.2) is 51.1 Å². The van der Waals surface area contributed by atoms with Crippen molar-refractivity contribution in [3.63, 3.8) is 0 Å². The first-order valence-corrected chi connectivity index (χ1v) is 13.0. The summed E-state index contributed by atoms with van der Waals surface area (Å²) in [7, 11) is 0. The Bertz CT molecular complexity index is 1180. The van der Waals surface area contributed by atoms with Crippen LogP contribution in [0, 0.1) is 0 Å². The number of aromatic nitrogens is 3. The largest absolute Gasteiger partial charge is 0.486 e. The SMILES string of the molecule is O=C(CSc1nnc(C2CC2)n1Cc1ccccc1)N1CCC[C@@H]1c1ccc2c(c1)OCCO2. The van der Waals surface area contributed by atoms with E-state index in [1.54, 1.807) is 0 Å². The number of ether oxygens (including phenoxy) is 2. The molecule has 3 aromatic rings. The van der Waals surface area contributed by atoms with Crippen molar-refractivity contribution < 1.29 is 14.3 Å². The van der Waals surface area contributed by atoms with Crippen LogP contribution < -0.4 is 9.47 Å². The highest BCUT2D eigenvalue weighted by Crippen LogP contribution is 2.41. The van der Waals surface area contributed by atoms with Gasteiger partial charge in [-0.05, 0) is 48.9 Å². The monoisotopic (exact) mass is 476 g/mol. The first kappa shape index (κ1) is 21.5. The molecule has 7 nitrogen and oxygen atoms in total. The maximum absolute atomic E-state index is 13.3. The quantitative estimate of drug-likeness (QED) is 0.470. The van der Waals surface area contributed by atoms with Gasteiger partial charge in [-0.1, -0.05) is 48.2 Å². The second kappa shape index (κ2) is 9.33. The van der Waals surface area contributed by atoms with Gasteiger partial charge in [0, 0.05) is 12.5 Å². The zero-order valence-electron chi connectivity index (χ0n) is 19.1. The van der Waals surface area contributed by atoms with Gasteiger partial charge in [0.1, 0.15) is 19.0 Å². The highest BCUT2D eigenvalue weighted by atomic mass is 32.2. The van der Waals surface area contributed by atoms with E-state index in [9.17, 15) is 4.79 Å². The molecule has 0 spiro atoms. The normalized spacial score (nSPS) is 19.4. The molecular formula is C26H28N4O3S. The van der Waals surface area contributed by atoms with Crippen LogP contribution in [0.4, 0.5) is 0 Å². The molecule has 1 atom stereocenters. The van der Waals surface area contributed by atoms with E-state index >= 15 is 0 Å². The number of thioether (sulfide) groups is 1. The Kier molecular flexibility index (Phi) is 5.91. The average Bonchev–Trinajstić information content (AvgIpc) is 3.46. The van der Waals surface area contributed by atoms with Crippen molar-refractivity contribution in [3.05, 3.63) is 65.5 Å². The molecule has 2 fully saturated rings. The van der Waals surface area contributed by atoms with E-state index in [0.29, 0.717) is 24.9 Å². The summed E-state index contributed by atoms with van der Waals surface area (Å²) in [6, 6.07) is 16.5. The van der Waals surface area contributed by atoms with Crippen LogP contribution in [0.25, 0.3) is 0 Å². The predicted molar refractivity (Wildman–Crippen MR) is 129 cm³/mol. The molecule has 0 bridgehead atoms. The Hall–Kier alpha value is -3.00. The lowest BCUT2D eigenvalue weighted by Gasteiger charge is -2.26. The zero-order chi connectivity index (χ0) is 22.9. The lowest BCUT2D eigenvalue weighted by molar-refractivity contribution is -0.129. The first-order chi connectivity index (χ1) is 16.8. The fraction of sp³-hybridized carbons (Fsp3) is 0.423. The van der Waals surface area contributed by atoms with Gasteiger partial charge in [0.25, 0.3) is 0 Å². The second-order valence-electron chi connectivity index (χ2n) is 9.12. The van der Waals surface area contributed by atoms with E-state index in [2.05, 4.69) is 45.1 Å². The van der Waals surface area contributed by atoms with Crippen molar-refractivity contribution in [2.45, 2.75) is 49.3 Å². The fourth-order valence-corrected chi connectivity index (χ4v) is 5.68. The van der Waals surface area contributed by atoms with Crippen molar-refractivity contribution in [1.29, 1.82) is 0 Å². The fourth-order valence-electron chi connectivity index (χ4n) is 4.85. The van der Waals surface area contributed by atoms with Crippen molar-refractivity contribution in [2.75, 3.05) is 25.5 Å². The Morgan fingerprint density at radius 3 is 2.65 bits per heavy atom. The average molecular weight is 477 g/mol. The van der Waals surface area contributed by atoms with Gasteiger partial charge in [0.05, 0.1) is 18.3 Å². The molecule has 8 heteroatoms. The smallest absolute Gasteiger partial charge is 0.233 e. The van der Waals surface area contributed by atoms with Gasteiger partial charge in [-0.2, -0.15) is 0 Å². The molecule has 6 rings (SSSR count). The topological polar surface area (TPSA) is 69.5 Å². The number of likely N-dealkylation sites (tertiary alicyclic amines) is 1. The summed E-state index contributed by atoms with van der Waals surface area (Å²) in [4.78, 5) is 15.3. The minimum atomic E-state index is 0.0770. The minimum absolute atomic E-state index is 0.0770. The van der Waals surface area contributed by atoms with E-state index in [-0.39, 0.29) is 11.9 Å². The van der Waals surface area contributed by atoms with Crippen molar-refractivity contribution in [1.82, 2.24) is 19.7 Å². The molecule has 1 aliphatic carbocycles. The molecule has 3 heterocycles. The standard InChI is InChI=1S/C26H28N4O3S/c31-24(29-12-4-7-21(29)20-10-11-22-23(15-20)33-14-13-32-22)17-34-26-28-27-25(19-8-9-19)30(26)16-18-5-2-1-3-6-18/h1-3,5-6,10-11,15,19,21H,4,7-9,12-14,16-17H2/t21-/m1/s1. The first-order valence-electron chi connectivity index (χ1n) is 12.0. The van der Waals surface area contributed by atoms with E-state index in [4.69, 9.17) is 9.47 Å². The Morgan fingerprint density at radius 1 is 1.00 bits per heavy atom. The number of fused-ring (bicyclic) bond motifs is 1. The van der Waals surface area contributed by atoms with Crippen LogP contribution >= 0.6 is 11.8 Å². The molecule has 1 amide bonds. The van der Waals surface area contributed by atoms with Crippen molar-refractivity contribution >= 4 is 17.7 Å². The highest BCUT2D eigenvalue weighted by molar-refractivity contribution is 7.99. The lowest BCUT2D eigenvalue weighted by Crippen LogP contribution is -2.32. The Morgan fingerprint density at radius 2 is 1.82 bits per heavy atom. The predicted octanol–water partition coefficient (Wildman–Crippen LogP) is 4.43. The summed E-state index contributed by atoms with van der Waals surface area (Å²) in [5.74, 6) is 3.61. The molecule has 0 radical (unpaired) electrons. The van der Waals surface area contributed by atoms with Gasteiger partial charge in [-0.3, -0.25) is 4.79 Å². The van der Waals surface area contributed by atoms with Crippen molar-refractivity contribution in [3.8, 4) is 11.5 Å². The van der Waals surface area contributed by atoms with Crippen LogP contribution in [0.15, 0.2) is 53.7 Å². The number of hydrogen-bond donors (Lipinski definition) is 0. The van der Waals surface area contributed by atoms with Crippen molar-refractivity contribution in [2.24, 2.45) is 0 Å². The Labute approximate surface area is 203 Å². The molecule has 3 aliphatic rings. The second-order valence-corrected chi connectivity index (χ2v) is 10.1. The van der Waals surface area contributed by atoms with E-state index < -0.39 is 0 Å². The summed E-state index contributed by atoms with van der Waals surface area (Å²) >= 11 is 1.50. The van der Waals surface area contributed by atoms with Gasteiger partial charge < -0.3 is 18.9 Å². The number of amides is 1. The van der Waals surface area contributed by atoms with E-state index in [1.807, 2.05) is 23.1 Å². The Balaban J connectivity index is 1.16. The number of carbonyl (C=O) groups excluding carboxylic acids is 1. The third-order valence-corrected chi connectivity index (χ3v) is 7.67. The molecule has 2 aliphatic heterocycles. The minimum Gasteiger partial charge on any atom is -0.486 e. The molecule has 0 unspecified atom stereocenters. The third-order valence-electron chi connectivity index (χ3n) is 6.72. The maximum Gasteiger partial charge on any atom is 0.233 e. The summed E-state index contributed by atoms with van der Waals surface area (Å²) < 4.78 is 13.6. The molecular weight excluding hydrogens is 448 g/mol. The van der Waals surface area contributed by atoms with Gasteiger partial charge in [0.2, 0.25) is 5.91 Å².